The molecule has 2 aliphatic heterocycles. The fourth-order valence-electron chi connectivity index (χ4n) is 1.79. The molecule has 0 aromatic heterocycles. The number of hydrogen-bond acceptors (Lipinski definition) is 6. The number of carbonyl (C=O) groups is 2. The molecule has 2 rings (SSSR count). The molecule has 2 aliphatic rings. The summed E-state index contributed by atoms with van der Waals surface area (Å²) < 4.78 is 0. The van der Waals surface area contributed by atoms with E-state index in [1.54, 1.807) is 0 Å². The van der Waals surface area contributed by atoms with E-state index in [4.69, 9.17) is 19.8 Å². The van der Waals surface area contributed by atoms with Gasteiger partial charge in [0.15, 0.2) is 0 Å². The predicted molar refractivity (Wildman–Crippen MR) is 96.0 cm³/mol. The van der Waals surface area contributed by atoms with Gasteiger partial charge in [-0.1, -0.05) is 0 Å². The third-order valence-corrected chi connectivity index (χ3v) is 2.94. The van der Waals surface area contributed by atoms with Crippen LogP contribution >= 0.6 is 0 Å². The minimum Gasteiger partial charge on any atom is -0.506 e. The average molecular weight is 550 g/mol. The first-order valence-electron chi connectivity index (χ1n) is 8.05. The number of rotatable bonds is 4. The zero-order chi connectivity index (χ0) is 19.6. The molecule has 26 heavy (non-hydrogen) atoms. The van der Waals surface area contributed by atoms with E-state index in [0.29, 0.717) is 12.1 Å². The van der Waals surface area contributed by atoms with Crippen molar-refractivity contribution in [3.05, 3.63) is 38.1 Å². The molecule has 2 heterocycles. The van der Waals surface area contributed by atoms with Crippen molar-refractivity contribution in [2.24, 2.45) is 0 Å². The maximum absolute atomic E-state index is 9.00. The van der Waals surface area contributed by atoms with Gasteiger partial charge in [0.2, 0.25) is 0 Å². The van der Waals surface area contributed by atoms with Gasteiger partial charge in [0, 0.05) is 20.5 Å². The molecule has 0 spiro atoms. The number of carboxylic acid groups (broad SMARTS) is 2. The fourth-order valence-corrected chi connectivity index (χ4v) is 1.79. The zero-order valence-corrected chi connectivity index (χ0v) is 18.4. The largest absolute Gasteiger partial charge is 2.00 e. The molecule has 0 bridgehead atoms. The van der Waals surface area contributed by atoms with Gasteiger partial charge in [0.05, 0.1) is 0 Å². The van der Waals surface area contributed by atoms with Crippen LogP contribution in [0.4, 0.5) is 0 Å². The van der Waals surface area contributed by atoms with E-state index in [2.05, 4.69) is 85.4 Å². The molecule has 0 fully saturated rings. The first-order chi connectivity index (χ1) is 11.5. The zero-order valence-electron chi connectivity index (χ0n) is 16.1. The Labute approximate surface area is 171 Å². The first kappa shape index (κ1) is 26.5. The molecule has 9 heteroatoms. The molecule has 2 N–H and O–H groups in total. The Morgan fingerprint density at radius 3 is 1.27 bits per heavy atom. The average Bonchev–Trinajstić information content (AvgIpc) is 3.07. The van der Waals surface area contributed by atoms with Crippen LogP contribution in [0.1, 0.15) is 41.5 Å². The van der Waals surface area contributed by atoms with Crippen LogP contribution in [0.2, 0.25) is 0 Å². The van der Waals surface area contributed by atoms with Gasteiger partial charge >= 0.3 is 21.1 Å². The quantitative estimate of drug-likeness (QED) is 0.517. The smallest absolute Gasteiger partial charge is 0.506 e. The molecule has 152 valence electrons. The Hall–Kier alpha value is -1.69. The van der Waals surface area contributed by atoms with Crippen molar-refractivity contribution in [3.63, 3.8) is 0 Å². The second-order valence-corrected chi connectivity index (χ2v) is 6.12. The van der Waals surface area contributed by atoms with Crippen molar-refractivity contribution >= 4 is 11.9 Å². The molecule has 0 radical (unpaired) electrons. The predicted octanol–water partition coefficient (Wildman–Crippen LogP) is 2.36. The molecule has 0 aromatic rings. The summed E-state index contributed by atoms with van der Waals surface area (Å²) in [5, 5.41) is 14.8. The Bertz CT molecular complexity index is 433. The Balaban J connectivity index is 0. The maximum Gasteiger partial charge on any atom is 2.00 e. The van der Waals surface area contributed by atoms with Crippen molar-refractivity contribution in [3.8, 4) is 0 Å². The van der Waals surface area contributed by atoms with E-state index < -0.39 is 11.9 Å². The van der Waals surface area contributed by atoms with E-state index >= 15 is 0 Å². The summed E-state index contributed by atoms with van der Waals surface area (Å²) in [7, 11) is 0. The molecule has 0 aromatic carbocycles. The molecule has 8 nitrogen and oxygen atoms in total. The van der Waals surface area contributed by atoms with Crippen LogP contribution < -0.4 is 0 Å². The minimum atomic E-state index is -0.833. The van der Waals surface area contributed by atoms with Gasteiger partial charge in [0.1, 0.15) is 0 Å². The Kier molecular flexibility index (Phi) is 13.8. The van der Waals surface area contributed by atoms with Crippen molar-refractivity contribution in [2.45, 2.75) is 53.6 Å². The normalized spacial score (nSPS) is 14.8. The van der Waals surface area contributed by atoms with E-state index in [1.165, 1.54) is 0 Å². The standard InChI is InChI=1S/C13H22N4.2C2H4O2.Pt/c1-12(2)16-7-5-14(10-16)9-15-6-8-17(11-15)13(3)4;2*1-2(3)4;/h5-8,10-13H,9H2,1-4H3;2*1H3,(H,3,4);/q-2;;;+2. The molecule has 0 amide bonds. The van der Waals surface area contributed by atoms with Gasteiger partial charge in [-0.15, -0.1) is 0 Å². The van der Waals surface area contributed by atoms with E-state index in [9.17, 15) is 0 Å². The van der Waals surface area contributed by atoms with E-state index in [0.717, 1.165) is 20.5 Å². The topological polar surface area (TPSA) is 87.6 Å². The van der Waals surface area contributed by atoms with Crippen molar-refractivity contribution in [1.82, 2.24) is 19.6 Å². The summed E-state index contributed by atoms with van der Waals surface area (Å²) in [5.74, 6) is -1.67. The van der Waals surface area contributed by atoms with Crippen LogP contribution in [0.3, 0.4) is 0 Å². The molecular formula is C17H30N4O4Pt. The van der Waals surface area contributed by atoms with Crippen molar-refractivity contribution in [2.75, 3.05) is 6.67 Å². The van der Waals surface area contributed by atoms with Gasteiger partial charge in [-0.3, -0.25) is 9.59 Å². The molecule has 0 atom stereocenters. The van der Waals surface area contributed by atoms with Crippen molar-refractivity contribution < 1.29 is 40.9 Å². The van der Waals surface area contributed by atoms with Crippen LogP contribution in [0, 0.1) is 13.3 Å². The summed E-state index contributed by atoms with van der Waals surface area (Å²) in [6, 6.07) is 1.03. The molecule has 0 aliphatic carbocycles. The summed E-state index contributed by atoms with van der Waals surface area (Å²) in [4.78, 5) is 26.8. The van der Waals surface area contributed by atoms with Gasteiger partial charge in [-0.2, -0.15) is 13.3 Å². The summed E-state index contributed by atoms with van der Waals surface area (Å²) >= 11 is 0. The summed E-state index contributed by atoms with van der Waals surface area (Å²) in [5.41, 5.74) is 0. The second kappa shape index (κ2) is 13.5. The maximum atomic E-state index is 9.00. The monoisotopic (exact) mass is 549 g/mol. The fraction of sp³-hybridized carbons (Fsp3) is 0.529. The second-order valence-electron chi connectivity index (χ2n) is 6.12. The van der Waals surface area contributed by atoms with E-state index in [1.807, 2.05) is 0 Å². The number of hydrogen-bond donors (Lipinski definition) is 2. The molecule has 0 saturated carbocycles. The SMILES string of the molecule is CC(=O)O.CC(=O)O.CC(C)N1C=CN(CN2C=CN(C(C)C)[CH-]2)[CH-]1.[Pt+2]. The minimum absolute atomic E-state index is 0. The summed E-state index contributed by atoms with van der Waals surface area (Å²) in [6.45, 7) is 16.1. The van der Waals surface area contributed by atoms with Crippen LogP contribution in [0.15, 0.2) is 24.8 Å². The molecular weight excluding hydrogens is 519 g/mol. The van der Waals surface area contributed by atoms with Gasteiger partial charge in [0.25, 0.3) is 11.9 Å². The molecule has 0 saturated heterocycles. The van der Waals surface area contributed by atoms with Crippen LogP contribution in [0.5, 0.6) is 0 Å². The van der Waals surface area contributed by atoms with Crippen molar-refractivity contribution in [1.29, 1.82) is 0 Å². The number of carboxylic acids is 2. The Morgan fingerprint density at radius 1 is 0.808 bits per heavy atom. The molecule has 0 unspecified atom stereocenters. The third kappa shape index (κ3) is 12.6. The third-order valence-electron chi connectivity index (χ3n) is 2.94. The van der Waals surface area contributed by atoms with Crippen LogP contribution in [-0.2, 0) is 30.7 Å². The van der Waals surface area contributed by atoms with Crippen LogP contribution in [-0.4, -0.2) is 60.5 Å². The summed E-state index contributed by atoms with van der Waals surface area (Å²) in [6.07, 6.45) is 8.45. The number of aliphatic carboxylic acids is 2. The number of nitrogens with zero attached hydrogens (tertiary/aromatic N) is 4. The van der Waals surface area contributed by atoms with Gasteiger partial charge in [-0.05, 0) is 64.6 Å². The Morgan fingerprint density at radius 2 is 1.08 bits per heavy atom. The van der Waals surface area contributed by atoms with Gasteiger partial charge < -0.3 is 29.8 Å². The van der Waals surface area contributed by atoms with E-state index in [-0.39, 0.29) is 21.1 Å². The van der Waals surface area contributed by atoms with Gasteiger partial charge in [-0.25, -0.2) is 0 Å². The first-order valence-corrected chi connectivity index (χ1v) is 8.05. The van der Waals surface area contributed by atoms with Crippen LogP contribution in [0.25, 0.3) is 0 Å².